The zero-order valence-electron chi connectivity index (χ0n) is 12.2. The molecule has 0 saturated carbocycles. The number of carbonyl (C=O) groups is 1. The van der Waals surface area contributed by atoms with E-state index in [1.165, 1.54) is 17.5 Å². The molecule has 2 N–H and O–H groups in total. The monoisotopic (exact) mass is 326 g/mol. The third-order valence-electron chi connectivity index (χ3n) is 4.40. The topological polar surface area (TPSA) is 46.3 Å². The minimum Gasteiger partial charge on any atom is -0.337 e. The number of halogens is 1. The van der Waals surface area contributed by atoms with Gasteiger partial charge in [-0.3, -0.25) is 4.79 Å². The molecule has 3 nitrogen and oxygen atoms in total. The van der Waals surface area contributed by atoms with Crippen LogP contribution in [0.25, 0.3) is 0 Å². The van der Waals surface area contributed by atoms with E-state index in [1.54, 1.807) is 11.8 Å². The molecule has 2 aliphatic rings. The summed E-state index contributed by atoms with van der Waals surface area (Å²) >= 11 is 1.79. The van der Waals surface area contributed by atoms with E-state index in [0.717, 1.165) is 31.6 Å². The molecule has 0 radical (unpaired) electrons. The zero-order chi connectivity index (χ0) is 13.9. The van der Waals surface area contributed by atoms with Gasteiger partial charge < -0.3 is 10.6 Å². The van der Waals surface area contributed by atoms with Crippen molar-refractivity contribution in [2.24, 2.45) is 5.73 Å². The van der Waals surface area contributed by atoms with E-state index in [-0.39, 0.29) is 29.6 Å². The van der Waals surface area contributed by atoms with Crippen LogP contribution < -0.4 is 5.73 Å². The van der Waals surface area contributed by atoms with Gasteiger partial charge in [-0.15, -0.1) is 24.2 Å². The van der Waals surface area contributed by atoms with Crippen molar-refractivity contribution < 1.29 is 4.79 Å². The minimum absolute atomic E-state index is 0. The minimum atomic E-state index is -0.0212. The maximum absolute atomic E-state index is 12.9. The molecule has 0 bridgehead atoms. The summed E-state index contributed by atoms with van der Waals surface area (Å²) < 4.78 is 0. The number of nitrogens with zero attached hydrogens (tertiary/aromatic N) is 1. The first-order valence-electron chi connectivity index (χ1n) is 7.51. The molecule has 21 heavy (non-hydrogen) atoms. The van der Waals surface area contributed by atoms with Crippen molar-refractivity contribution in [1.82, 2.24) is 4.90 Å². The predicted octanol–water partition coefficient (Wildman–Crippen LogP) is 2.78. The average Bonchev–Trinajstić information content (AvgIpc) is 2.53. The highest BCUT2D eigenvalue weighted by Crippen LogP contribution is 2.38. The Morgan fingerprint density at radius 1 is 1.33 bits per heavy atom. The third-order valence-corrected chi connectivity index (χ3v) is 5.63. The summed E-state index contributed by atoms with van der Waals surface area (Å²) in [7, 11) is 0. The Kier molecular flexibility index (Phi) is 5.97. The van der Waals surface area contributed by atoms with E-state index >= 15 is 0 Å². The molecule has 2 unspecified atom stereocenters. The van der Waals surface area contributed by atoms with Gasteiger partial charge in [0.25, 0.3) is 0 Å². The summed E-state index contributed by atoms with van der Waals surface area (Å²) in [4.78, 5) is 15.0. The fourth-order valence-electron chi connectivity index (χ4n) is 3.28. The molecule has 1 amide bonds. The van der Waals surface area contributed by atoms with Gasteiger partial charge >= 0.3 is 0 Å². The maximum atomic E-state index is 12.9. The molecule has 3 rings (SSSR count). The molecule has 1 aromatic carbocycles. The second-order valence-electron chi connectivity index (χ2n) is 5.62. The Morgan fingerprint density at radius 3 is 2.95 bits per heavy atom. The second kappa shape index (κ2) is 7.52. The number of hydrogen-bond donors (Lipinski definition) is 1. The summed E-state index contributed by atoms with van der Waals surface area (Å²) in [5.41, 5.74) is 8.41. The average molecular weight is 327 g/mol. The lowest BCUT2D eigenvalue weighted by Gasteiger charge is -2.38. The van der Waals surface area contributed by atoms with E-state index in [9.17, 15) is 4.79 Å². The first-order chi connectivity index (χ1) is 9.81. The Labute approximate surface area is 137 Å². The molecule has 0 aliphatic carbocycles. The highest BCUT2D eigenvalue weighted by molar-refractivity contribution is 8.00. The van der Waals surface area contributed by atoms with Gasteiger partial charge in [-0.25, -0.2) is 0 Å². The van der Waals surface area contributed by atoms with Gasteiger partial charge in [0, 0.05) is 19.1 Å². The van der Waals surface area contributed by atoms with Gasteiger partial charge in [-0.2, -0.15) is 0 Å². The number of hydrogen-bond acceptors (Lipinski definition) is 3. The molecule has 0 spiro atoms. The van der Waals surface area contributed by atoms with Crippen LogP contribution in [0.1, 0.15) is 35.6 Å². The van der Waals surface area contributed by atoms with Gasteiger partial charge in [0.05, 0.1) is 0 Å². The standard InChI is InChI=1S/C16H22N2OS.ClH/c17-11-13-6-3-4-9-18(13)16(19)15-14-7-2-1-5-12(14)8-10-20-15;/h1-2,5,7,13,15H,3-4,6,8-11,17H2;1H. The second-order valence-corrected chi connectivity index (χ2v) is 6.83. The molecule has 116 valence electrons. The van der Waals surface area contributed by atoms with Crippen LogP contribution in [0.4, 0.5) is 0 Å². The highest BCUT2D eigenvalue weighted by atomic mass is 35.5. The lowest BCUT2D eigenvalue weighted by Crippen LogP contribution is -2.49. The Bertz CT molecular complexity index is 497. The number of aryl methyl sites for hydroxylation is 1. The van der Waals surface area contributed by atoms with Crippen LogP contribution in [0.15, 0.2) is 24.3 Å². The summed E-state index contributed by atoms with van der Waals surface area (Å²) in [6.45, 7) is 1.46. The van der Waals surface area contributed by atoms with Crippen LogP contribution in [0.3, 0.4) is 0 Å². The highest BCUT2D eigenvalue weighted by Gasteiger charge is 2.34. The Balaban J connectivity index is 0.00000161. The van der Waals surface area contributed by atoms with Crippen molar-refractivity contribution in [2.45, 2.75) is 37.0 Å². The van der Waals surface area contributed by atoms with E-state index in [2.05, 4.69) is 18.2 Å². The molecule has 0 aromatic heterocycles. The van der Waals surface area contributed by atoms with Gasteiger partial charge in [-0.1, -0.05) is 24.3 Å². The van der Waals surface area contributed by atoms with Gasteiger partial charge in [0.15, 0.2) is 0 Å². The number of fused-ring (bicyclic) bond motifs is 1. The van der Waals surface area contributed by atoms with Crippen molar-refractivity contribution in [1.29, 1.82) is 0 Å². The fraction of sp³-hybridized carbons (Fsp3) is 0.562. The number of benzene rings is 1. The normalized spacial score (nSPS) is 24.9. The first-order valence-corrected chi connectivity index (χ1v) is 8.56. The van der Waals surface area contributed by atoms with E-state index in [4.69, 9.17) is 5.73 Å². The number of thioether (sulfide) groups is 1. The Hall–Kier alpha value is -0.710. The quantitative estimate of drug-likeness (QED) is 0.909. The van der Waals surface area contributed by atoms with Gasteiger partial charge in [-0.05, 0) is 42.6 Å². The lowest BCUT2D eigenvalue weighted by atomic mass is 9.98. The van der Waals surface area contributed by atoms with Crippen LogP contribution in [0.2, 0.25) is 0 Å². The third kappa shape index (κ3) is 3.38. The molecule has 2 atom stereocenters. The van der Waals surface area contributed by atoms with E-state index in [1.807, 2.05) is 11.0 Å². The van der Waals surface area contributed by atoms with Gasteiger partial charge in [0.2, 0.25) is 5.91 Å². The molecule has 2 aliphatic heterocycles. The largest absolute Gasteiger partial charge is 0.337 e. The molecular weight excluding hydrogens is 304 g/mol. The molecule has 5 heteroatoms. The number of nitrogens with two attached hydrogens (primary N) is 1. The van der Waals surface area contributed by atoms with Crippen LogP contribution in [-0.2, 0) is 11.2 Å². The molecular formula is C16H23ClN2OS. The summed E-state index contributed by atoms with van der Waals surface area (Å²) in [5.74, 6) is 1.31. The van der Waals surface area contributed by atoms with Crippen LogP contribution in [0.5, 0.6) is 0 Å². The molecule has 1 fully saturated rings. The van der Waals surface area contributed by atoms with E-state index < -0.39 is 0 Å². The van der Waals surface area contributed by atoms with Crippen LogP contribution >= 0.6 is 24.2 Å². The summed E-state index contributed by atoms with van der Waals surface area (Å²) in [6.07, 6.45) is 4.44. The number of piperidine rings is 1. The van der Waals surface area contributed by atoms with Crippen molar-refractivity contribution in [3.8, 4) is 0 Å². The fourth-order valence-corrected chi connectivity index (χ4v) is 4.55. The van der Waals surface area contributed by atoms with Crippen LogP contribution in [-0.4, -0.2) is 35.7 Å². The van der Waals surface area contributed by atoms with Crippen molar-refractivity contribution in [3.63, 3.8) is 0 Å². The summed E-state index contributed by atoms with van der Waals surface area (Å²) in [5, 5.41) is -0.0212. The number of amides is 1. The number of carbonyl (C=O) groups excluding carboxylic acids is 1. The number of rotatable bonds is 2. The smallest absolute Gasteiger partial charge is 0.240 e. The molecule has 1 aromatic rings. The van der Waals surface area contributed by atoms with Crippen molar-refractivity contribution in [2.75, 3.05) is 18.8 Å². The van der Waals surface area contributed by atoms with Crippen molar-refractivity contribution in [3.05, 3.63) is 35.4 Å². The summed E-state index contributed by atoms with van der Waals surface area (Å²) in [6, 6.07) is 8.63. The van der Waals surface area contributed by atoms with Gasteiger partial charge in [0.1, 0.15) is 5.25 Å². The Morgan fingerprint density at radius 2 is 2.14 bits per heavy atom. The first kappa shape index (κ1) is 16.7. The molecule has 1 saturated heterocycles. The number of likely N-dealkylation sites (tertiary alicyclic amines) is 1. The molecule has 2 heterocycles. The van der Waals surface area contributed by atoms with Crippen molar-refractivity contribution >= 4 is 30.1 Å². The van der Waals surface area contributed by atoms with E-state index in [0.29, 0.717) is 6.54 Å². The van der Waals surface area contributed by atoms with Crippen LogP contribution in [0, 0.1) is 0 Å². The maximum Gasteiger partial charge on any atom is 0.240 e. The SMILES string of the molecule is Cl.NCC1CCCCN1C(=O)C1SCCc2ccccc21. The lowest BCUT2D eigenvalue weighted by molar-refractivity contribution is -0.134. The zero-order valence-corrected chi connectivity index (χ0v) is 13.8. The predicted molar refractivity (Wildman–Crippen MR) is 91.0 cm³/mol.